The van der Waals surface area contributed by atoms with Crippen LogP contribution in [0.3, 0.4) is 0 Å². The summed E-state index contributed by atoms with van der Waals surface area (Å²) in [5.41, 5.74) is -0.0759. The van der Waals surface area contributed by atoms with Gasteiger partial charge in [-0.2, -0.15) is 5.10 Å². The molecule has 0 spiro atoms. The minimum absolute atomic E-state index is 0.185. The summed E-state index contributed by atoms with van der Waals surface area (Å²) in [6.07, 6.45) is 4.20. The van der Waals surface area contributed by atoms with Crippen LogP contribution in [0.15, 0.2) is 48.1 Å². The van der Waals surface area contributed by atoms with Crippen LogP contribution in [0.4, 0.5) is 0 Å². The summed E-state index contributed by atoms with van der Waals surface area (Å²) in [5, 5.41) is 10.5. The molecule has 0 atom stereocenters. The standard InChI is InChI=1S/C18H19ClN4O2S/c1-18(2,25-15-6-4-13(19)5-7-15)16(24)20-10-8-14-12-26-17(22-14)23-11-3-9-21-23/h3-7,9,11-12H,8,10H2,1-2H3,(H,20,24). The molecule has 2 aromatic heterocycles. The largest absolute Gasteiger partial charge is 0.478 e. The van der Waals surface area contributed by atoms with E-state index < -0.39 is 5.60 Å². The van der Waals surface area contributed by atoms with Crippen molar-refractivity contribution in [1.82, 2.24) is 20.1 Å². The summed E-state index contributed by atoms with van der Waals surface area (Å²) in [6, 6.07) is 8.78. The molecule has 0 aliphatic carbocycles. The number of rotatable bonds is 7. The summed E-state index contributed by atoms with van der Waals surface area (Å²) in [6.45, 7) is 3.94. The van der Waals surface area contributed by atoms with Crippen molar-refractivity contribution in [2.75, 3.05) is 6.54 Å². The van der Waals surface area contributed by atoms with Crippen molar-refractivity contribution in [3.8, 4) is 10.9 Å². The number of halogens is 1. The van der Waals surface area contributed by atoms with E-state index in [2.05, 4.69) is 15.4 Å². The maximum absolute atomic E-state index is 12.4. The highest BCUT2D eigenvalue weighted by Gasteiger charge is 2.29. The van der Waals surface area contributed by atoms with Gasteiger partial charge in [0.25, 0.3) is 5.91 Å². The third-order valence-corrected chi connectivity index (χ3v) is 4.77. The van der Waals surface area contributed by atoms with Crippen LogP contribution < -0.4 is 10.1 Å². The maximum atomic E-state index is 12.4. The minimum atomic E-state index is -0.990. The second-order valence-corrected chi connectivity index (χ2v) is 7.42. The van der Waals surface area contributed by atoms with Crippen LogP contribution in [0.1, 0.15) is 19.5 Å². The topological polar surface area (TPSA) is 69.0 Å². The van der Waals surface area contributed by atoms with E-state index in [-0.39, 0.29) is 5.91 Å². The second-order valence-electron chi connectivity index (χ2n) is 6.14. The van der Waals surface area contributed by atoms with Crippen LogP contribution in [0.5, 0.6) is 5.75 Å². The molecule has 0 saturated carbocycles. The highest BCUT2D eigenvalue weighted by atomic mass is 35.5. The number of nitrogens with one attached hydrogen (secondary N) is 1. The fraction of sp³-hybridized carbons (Fsp3) is 0.278. The lowest BCUT2D eigenvalue weighted by atomic mass is 10.1. The van der Waals surface area contributed by atoms with Gasteiger partial charge in [0.15, 0.2) is 5.60 Å². The zero-order chi connectivity index (χ0) is 18.6. The van der Waals surface area contributed by atoms with Crippen LogP contribution in [-0.4, -0.2) is 32.8 Å². The molecule has 0 fully saturated rings. The van der Waals surface area contributed by atoms with Gasteiger partial charge in [-0.25, -0.2) is 9.67 Å². The van der Waals surface area contributed by atoms with E-state index >= 15 is 0 Å². The van der Waals surface area contributed by atoms with Gasteiger partial charge in [0.2, 0.25) is 5.13 Å². The summed E-state index contributed by atoms with van der Waals surface area (Å²) < 4.78 is 7.50. The highest BCUT2D eigenvalue weighted by molar-refractivity contribution is 7.12. The second kappa shape index (κ2) is 7.88. The van der Waals surface area contributed by atoms with Crippen LogP contribution >= 0.6 is 22.9 Å². The monoisotopic (exact) mass is 390 g/mol. The number of thiazole rings is 1. The number of carbonyl (C=O) groups is 1. The molecule has 136 valence electrons. The molecule has 2 heterocycles. The Morgan fingerprint density at radius 1 is 1.35 bits per heavy atom. The molecule has 0 radical (unpaired) electrons. The Labute approximate surface area is 160 Å². The smallest absolute Gasteiger partial charge is 0.263 e. The van der Waals surface area contributed by atoms with Crippen LogP contribution in [0, 0.1) is 0 Å². The Morgan fingerprint density at radius 3 is 2.81 bits per heavy atom. The van der Waals surface area contributed by atoms with E-state index in [1.165, 1.54) is 11.3 Å². The normalized spacial score (nSPS) is 11.3. The lowest BCUT2D eigenvalue weighted by Gasteiger charge is -2.25. The summed E-state index contributed by atoms with van der Waals surface area (Å²) in [7, 11) is 0. The molecule has 8 heteroatoms. The van der Waals surface area contributed by atoms with Crippen molar-refractivity contribution >= 4 is 28.8 Å². The Balaban J connectivity index is 1.50. The molecule has 0 unspecified atom stereocenters. The Morgan fingerprint density at radius 2 is 2.12 bits per heavy atom. The van der Waals surface area contributed by atoms with Crippen molar-refractivity contribution in [2.45, 2.75) is 25.9 Å². The van der Waals surface area contributed by atoms with E-state index in [1.807, 2.05) is 17.6 Å². The number of aromatic nitrogens is 3. The summed E-state index contributed by atoms with van der Waals surface area (Å²) >= 11 is 7.38. The quantitative estimate of drug-likeness (QED) is 0.670. The third-order valence-electron chi connectivity index (χ3n) is 3.64. The van der Waals surface area contributed by atoms with Gasteiger partial charge in [-0.3, -0.25) is 4.79 Å². The molecule has 0 saturated heterocycles. The summed E-state index contributed by atoms with van der Waals surface area (Å²) in [5.74, 6) is 0.410. The van der Waals surface area contributed by atoms with Crippen molar-refractivity contribution in [2.24, 2.45) is 0 Å². The van der Waals surface area contributed by atoms with Crippen molar-refractivity contribution < 1.29 is 9.53 Å². The minimum Gasteiger partial charge on any atom is -0.478 e. The molecule has 3 rings (SSSR count). The fourth-order valence-electron chi connectivity index (χ4n) is 2.26. The molecular formula is C18H19ClN4O2S. The SMILES string of the molecule is CC(C)(Oc1ccc(Cl)cc1)C(=O)NCCc1csc(-n2cccn2)n1. The summed E-state index contributed by atoms with van der Waals surface area (Å²) in [4.78, 5) is 16.9. The molecule has 26 heavy (non-hydrogen) atoms. The first-order chi connectivity index (χ1) is 12.4. The number of hydrogen-bond donors (Lipinski definition) is 1. The highest BCUT2D eigenvalue weighted by Crippen LogP contribution is 2.21. The van der Waals surface area contributed by atoms with Crippen molar-refractivity contribution in [3.63, 3.8) is 0 Å². The molecule has 0 aliphatic heterocycles. The van der Waals surface area contributed by atoms with Crippen LogP contribution in [0.2, 0.25) is 5.02 Å². The van der Waals surface area contributed by atoms with Gasteiger partial charge in [-0.05, 0) is 44.2 Å². The number of amides is 1. The predicted octanol–water partition coefficient (Wildman–Crippen LogP) is 3.50. The first-order valence-electron chi connectivity index (χ1n) is 8.11. The Kier molecular flexibility index (Phi) is 5.58. The zero-order valence-electron chi connectivity index (χ0n) is 14.5. The van der Waals surface area contributed by atoms with Gasteiger partial charge in [-0.15, -0.1) is 11.3 Å². The average Bonchev–Trinajstić information content (AvgIpc) is 3.28. The molecule has 3 aromatic rings. The molecule has 1 amide bonds. The van der Waals surface area contributed by atoms with Gasteiger partial charge in [0.05, 0.1) is 5.69 Å². The van der Waals surface area contributed by atoms with Crippen molar-refractivity contribution in [3.05, 3.63) is 58.8 Å². The van der Waals surface area contributed by atoms with E-state index in [0.717, 1.165) is 10.8 Å². The number of hydrogen-bond acceptors (Lipinski definition) is 5. The first-order valence-corrected chi connectivity index (χ1v) is 9.37. The van der Waals surface area contributed by atoms with Crippen LogP contribution in [0.25, 0.3) is 5.13 Å². The number of nitrogens with zero attached hydrogens (tertiary/aromatic N) is 3. The van der Waals surface area contributed by atoms with Crippen molar-refractivity contribution in [1.29, 1.82) is 0 Å². The van der Waals surface area contributed by atoms with E-state index in [4.69, 9.17) is 16.3 Å². The number of carbonyl (C=O) groups excluding carboxylic acids is 1. The Bertz CT molecular complexity index is 860. The van der Waals surface area contributed by atoms with E-state index in [9.17, 15) is 4.79 Å². The molecule has 1 aromatic carbocycles. The molecular weight excluding hydrogens is 372 g/mol. The van der Waals surface area contributed by atoms with Gasteiger partial charge < -0.3 is 10.1 Å². The fourth-order valence-corrected chi connectivity index (χ4v) is 3.18. The van der Waals surface area contributed by atoms with Gasteiger partial charge in [0.1, 0.15) is 5.75 Å². The molecule has 1 N–H and O–H groups in total. The Hall–Kier alpha value is -2.38. The van der Waals surface area contributed by atoms with Crippen LogP contribution in [-0.2, 0) is 11.2 Å². The molecule has 0 bridgehead atoms. The van der Waals surface area contributed by atoms with Gasteiger partial charge >= 0.3 is 0 Å². The van der Waals surface area contributed by atoms with E-state index in [0.29, 0.717) is 23.7 Å². The van der Waals surface area contributed by atoms with E-state index in [1.54, 1.807) is 49.0 Å². The number of ether oxygens (including phenoxy) is 1. The first kappa shape index (κ1) is 18.4. The zero-order valence-corrected chi connectivity index (χ0v) is 16.0. The number of benzene rings is 1. The van der Waals surface area contributed by atoms with Gasteiger partial charge in [-0.1, -0.05) is 11.6 Å². The molecule has 0 aliphatic rings. The maximum Gasteiger partial charge on any atom is 0.263 e. The lowest BCUT2D eigenvalue weighted by molar-refractivity contribution is -0.134. The average molecular weight is 391 g/mol. The van der Waals surface area contributed by atoms with Gasteiger partial charge in [0, 0.05) is 35.8 Å². The molecule has 6 nitrogen and oxygen atoms in total. The third kappa shape index (κ3) is 4.62. The predicted molar refractivity (Wildman–Crippen MR) is 102 cm³/mol. The lowest BCUT2D eigenvalue weighted by Crippen LogP contribution is -2.47.